The predicted molar refractivity (Wildman–Crippen MR) is 119 cm³/mol. The van der Waals surface area contributed by atoms with Crippen LogP contribution in [0.25, 0.3) is 0 Å². The summed E-state index contributed by atoms with van der Waals surface area (Å²) in [7, 11) is 0. The summed E-state index contributed by atoms with van der Waals surface area (Å²) in [5.74, 6) is 1.21. The van der Waals surface area contributed by atoms with E-state index in [9.17, 15) is 9.18 Å². The second kappa shape index (κ2) is 9.51. The molecule has 6 nitrogen and oxygen atoms in total. The van der Waals surface area contributed by atoms with E-state index in [0.717, 1.165) is 5.75 Å². The van der Waals surface area contributed by atoms with Gasteiger partial charge in [0.25, 0.3) is 5.91 Å². The molecule has 164 valence electrons. The summed E-state index contributed by atoms with van der Waals surface area (Å²) in [5.41, 5.74) is 2.25. The summed E-state index contributed by atoms with van der Waals surface area (Å²) >= 11 is 0. The Kier molecular flexibility index (Phi) is 6.35. The molecular formula is C25H24FN3O3. The van der Waals surface area contributed by atoms with E-state index in [1.165, 1.54) is 17.8 Å². The van der Waals surface area contributed by atoms with Gasteiger partial charge in [-0.15, -0.1) is 0 Å². The van der Waals surface area contributed by atoms with Crippen LogP contribution in [0, 0.1) is 5.82 Å². The summed E-state index contributed by atoms with van der Waals surface area (Å²) in [5, 5.41) is 6.90. The molecule has 0 fully saturated rings. The first kappa shape index (κ1) is 21.4. The standard InChI is InChI=1S/C25H24FN3O3/c1-17(2)18-7-9-21(10-8-18)31-16-22-11-12-24(32-22)25(30)28-20-13-27-29(15-20)14-19-5-3-4-6-23(19)26/h3-13,15,17H,14,16H2,1-2H3,(H,28,30). The summed E-state index contributed by atoms with van der Waals surface area (Å²) in [6.45, 7) is 4.76. The zero-order valence-electron chi connectivity index (χ0n) is 17.9. The maximum absolute atomic E-state index is 13.8. The third-order valence-corrected chi connectivity index (χ3v) is 4.99. The van der Waals surface area contributed by atoms with Crippen LogP contribution in [0.1, 0.15) is 47.2 Å². The molecule has 0 spiro atoms. The molecule has 2 aromatic carbocycles. The molecule has 2 heterocycles. The fourth-order valence-corrected chi connectivity index (χ4v) is 3.19. The Morgan fingerprint density at radius 1 is 1.12 bits per heavy atom. The van der Waals surface area contributed by atoms with Crippen LogP contribution in [0.5, 0.6) is 5.75 Å². The van der Waals surface area contributed by atoms with Gasteiger partial charge in [-0.05, 0) is 41.8 Å². The number of rotatable bonds is 8. The number of nitrogens with one attached hydrogen (secondary N) is 1. The minimum absolute atomic E-state index is 0.167. The van der Waals surface area contributed by atoms with E-state index < -0.39 is 5.91 Å². The zero-order chi connectivity index (χ0) is 22.5. The second-order valence-electron chi connectivity index (χ2n) is 7.75. The first-order chi connectivity index (χ1) is 15.5. The molecule has 0 atom stereocenters. The van der Waals surface area contributed by atoms with E-state index in [0.29, 0.717) is 22.9 Å². The van der Waals surface area contributed by atoms with Crippen molar-refractivity contribution in [1.82, 2.24) is 9.78 Å². The summed E-state index contributed by atoms with van der Waals surface area (Å²) in [6.07, 6.45) is 3.14. The number of anilines is 1. The van der Waals surface area contributed by atoms with Crippen LogP contribution < -0.4 is 10.1 Å². The minimum atomic E-state index is -0.400. The van der Waals surface area contributed by atoms with E-state index >= 15 is 0 Å². The first-order valence-electron chi connectivity index (χ1n) is 10.4. The molecule has 32 heavy (non-hydrogen) atoms. The Hall–Kier alpha value is -3.87. The third-order valence-electron chi connectivity index (χ3n) is 4.99. The Morgan fingerprint density at radius 3 is 2.66 bits per heavy atom. The number of carbonyl (C=O) groups is 1. The zero-order valence-corrected chi connectivity index (χ0v) is 17.9. The Balaban J connectivity index is 1.32. The van der Waals surface area contributed by atoms with Gasteiger partial charge in [0.1, 0.15) is 23.9 Å². The quantitative estimate of drug-likeness (QED) is 0.392. The normalized spacial score (nSPS) is 11.0. The highest BCUT2D eigenvalue weighted by atomic mass is 19.1. The number of benzene rings is 2. The van der Waals surface area contributed by atoms with Gasteiger partial charge in [0.05, 0.1) is 18.4 Å². The van der Waals surface area contributed by atoms with Gasteiger partial charge in [0.15, 0.2) is 5.76 Å². The minimum Gasteiger partial charge on any atom is -0.486 e. The number of carbonyl (C=O) groups excluding carboxylic acids is 1. The lowest BCUT2D eigenvalue weighted by Crippen LogP contribution is -2.10. The Labute approximate surface area is 185 Å². The topological polar surface area (TPSA) is 69.3 Å². The van der Waals surface area contributed by atoms with Crippen LogP contribution in [0.15, 0.2) is 77.5 Å². The SMILES string of the molecule is CC(C)c1ccc(OCc2ccc(C(=O)Nc3cnn(Cc4ccccc4F)c3)o2)cc1. The third kappa shape index (κ3) is 5.24. The lowest BCUT2D eigenvalue weighted by molar-refractivity contribution is 0.0992. The molecule has 1 amide bonds. The van der Waals surface area contributed by atoms with Crippen molar-refractivity contribution < 1.29 is 18.3 Å². The number of amides is 1. The molecule has 0 radical (unpaired) electrons. The van der Waals surface area contributed by atoms with Crippen LogP contribution in [-0.4, -0.2) is 15.7 Å². The summed E-state index contributed by atoms with van der Waals surface area (Å²) in [4.78, 5) is 12.5. The number of furan rings is 1. The highest BCUT2D eigenvalue weighted by Gasteiger charge is 2.13. The maximum atomic E-state index is 13.8. The van der Waals surface area contributed by atoms with Gasteiger partial charge in [-0.1, -0.05) is 44.2 Å². The van der Waals surface area contributed by atoms with E-state index in [-0.39, 0.29) is 24.7 Å². The van der Waals surface area contributed by atoms with Crippen molar-refractivity contribution in [2.75, 3.05) is 5.32 Å². The van der Waals surface area contributed by atoms with Crippen LogP contribution in [0.2, 0.25) is 0 Å². The lowest BCUT2D eigenvalue weighted by Gasteiger charge is -2.08. The van der Waals surface area contributed by atoms with Gasteiger partial charge in [-0.25, -0.2) is 4.39 Å². The highest BCUT2D eigenvalue weighted by molar-refractivity contribution is 6.02. The molecule has 0 aliphatic heterocycles. The van der Waals surface area contributed by atoms with Crippen molar-refractivity contribution >= 4 is 11.6 Å². The van der Waals surface area contributed by atoms with E-state index in [1.54, 1.807) is 41.2 Å². The van der Waals surface area contributed by atoms with Crippen molar-refractivity contribution in [2.45, 2.75) is 32.9 Å². The van der Waals surface area contributed by atoms with Crippen molar-refractivity contribution in [2.24, 2.45) is 0 Å². The molecule has 0 aliphatic rings. The van der Waals surface area contributed by atoms with Crippen molar-refractivity contribution in [3.05, 3.63) is 102 Å². The second-order valence-corrected chi connectivity index (χ2v) is 7.75. The van der Waals surface area contributed by atoms with Crippen molar-refractivity contribution in [3.63, 3.8) is 0 Å². The average Bonchev–Trinajstić information content (AvgIpc) is 3.44. The maximum Gasteiger partial charge on any atom is 0.291 e. The molecule has 0 unspecified atom stereocenters. The Bertz CT molecular complexity index is 1200. The van der Waals surface area contributed by atoms with E-state index in [1.807, 2.05) is 24.3 Å². The van der Waals surface area contributed by atoms with Crippen LogP contribution in [0.3, 0.4) is 0 Å². The molecule has 0 bridgehead atoms. The van der Waals surface area contributed by atoms with Crippen LogP contribution in [-0.2, 0) is 13.2 Å². The monoisotopic (exact) mass is 433 g/mol. The number of halogens is 1. The van der Waals surface area contributed by atoms with Gasteiger partial charge in [0, 0.05) is 11.8 Å². The molecule has 0 saturated carbocycles. The van der Waals surface area contributed by atoms with Crippen LogP contribution in [0.4, 0.5) is 10.1 Å². The summed E-state index contributed by atoms with van der Waals surface area (Å²) < 4.78 is 26.7. The highest BCUT2D eigenvalue weighted by Crippen LogP contribution is 2.20. The fourth-order valence-electron chi connectivity index (χ4n) is 3.19. The molecule has 4 rings (SSSR count). The smallest absolute Gasteiger partial charge is 0.291 e. The molecular weight excluding hydrogens is 409 g/mol. The Morgan fingerprint density at radius 2 is 1.91 bits per heavy atom. The number of aromatic nitrogens is 2. The van der Waals surface area contributed by atoms with Gasteiger partial charge in [-0.3, -0.25) is 9.48 Å². The largest absolute Gasteiger partial charge is 0.486 e. The van der Waals surface area contributed by atoms with Crippen molar-refractivity contribution in [1.29, 1.82) is 0 Å². The fraction of sp³-hybridized carbons (Fsp3) is 0.200. The molecule has 0 saturated heterocycles. The number of hydrogen-bond acceptors (Lipinski definition) is 4. The summed E-state index contributed by atoms with van der Waals surface area (Å²) in [6, 6.07) is 17.7. The molecule has 1 N–H and O–H groups in total. The predicted octanol–water partition coefficient (Wildman–Crippen LogP) is 5.62. The van der Waals surface area contributed by atoms with E-state index in [2.05, 4.69) is 24.3 Å². The van der Waals surface area contributed by atoms with Gasteiger partial charge < -0.3 is 14.5 Å². The van der Waals surface area contributed by atoms with Gasteiger partial charge >= 0.3 is 0 Å². The average molecular weight is 433 g/mol. The lowest BCUT2D eigenvalue weighted by atomic mass is 10.0. The van der Waals surface area contributed by atoms with Crippen molar-refractivity contribution in [3.8, 4) is 5.75 Å². The molecule has 2 aromatic heterocycles. The number of ether oxygens (including phenoxy) is 1. The molecule has 4 aromatic rings. The van der Waals surface area contributed by atoms with Crippen LogP contribution >= 0.6 is 0 Å². The van der Waals surface area contributed by atoms with Gasteiger partial charge in [-0.2, -0.15) is 5.10 Å². The number of hydrogen-bond donors (Lipinski definition) is 1. The molecule has 7 heteroatoms. The van der Waals surface area contributed by atoms with Gasteiger partial charge in [0.2, 0.25) is 0 Å². The molecule has 0 aliphatic carbocycles. The number of nitrogens with zero attached hydrogens (tertiary/aromatic N) is 2. The van der Waals surface area contributed by atoms with E-state index in [4.69, 9.17) is 9.15 Å². The first-order valence-corrected chi connectivity index (χ1v) is 10.4.